The number of ether oxygens (including phenoxy) is 1. The molecular weight excluding hydrogens is 488 g/mol. The van der Waals surface area contributed by atoms with E-state index >= 15 is 0 Å². The number of fused-ring (bicyclic) bond motifs is 1. The summed E-state index contributed by atoms with van der Waals surface area (Å²) in [6.07, 6.45) is 11.4. The zero-order valence-corrected chi connectivity index (χ0v) is 21.8. The molecule has 192 valence electrons. The summed E-state index contributed by atoms with van der Waals surface area (Å²) in [5.41, 5.74) is 2.42. The van der Waals surface area contributed by atoms with E-state index in [1.54, 1.807) is 30.3 Å². The maximum Gasteiger partial charge on any atom is 0.329 e. The number of pyridine rings is 1. The molecule has 6 nitrogen and oxygen atoms in total. The van der Waals surface area contributed by atoms with E-state index in [9.17, 15) is 14.4 Å². The van der Waals surface area contributed by atoms with Crippen molar-refractivity contribution in [2.45, 2.75) is 39.2 Å². The number of hydrogen-bond acceptors (Lipinski definition) is 4. The molecule has 7 heteroatoms. The van der Waals surface area contributed by atoms with Crippen LogP contribution < -0.4 is 10.9 Å². The minimum atomic E-state index is -0.995. The van der Waals surface area contributed by atoms with Gasteiger partial charge in [-0.05, 0) is 54.8 Å². The number of nitrogens with one attached hydrogen (secondary N) is 2. The maximum atomic E-state index is 13.2. The molecule has 1 atom stereocenters. The van der Waals surface area contributed by atoms with Crippen molar-refractivity contribution in [2.24, 2.45) is 0 Å². The number of H-pyrrole nitrogens is 1. The number of para-hydroxylation sites is 1. The minimum absolute atomic E-state index is 0.0987. The molecule has 0 radical (unpaired) electrons. The molecule has 0 aliphatic rings. The van der Waals surface area contributed by atoms with Crippen molar-refractivity contribution in [3.8, 4) is 0 Å². The van der Waals surface area contributed by atoms with Crippen molar-refractivity contribution in [3.63, 3.8) is 0 Å². The fourth-order valence-corrected chi connectivity index (χ4v) is 4.00. The molecule has 0 aliphatic heterocycles. The second-order valence-electron chi connectivity index (χ2n) is 8.43. The van der Waals surface area contributed by atoms with E-state index in [-0.39, 0.29) is 18.6 Å². The van der Waals surface area contributed by atoms with E-state index in [4.69, 9.17) is 16.3 Å². The third-order valence-electron chi connectivity index (χ3n) is 5.67. The largest absolute Gasteiger partial charge is 0.464 e. The van der Waals surface area contributed by atoms with Crippen LogP contribution in [0.25, 0.3) is 10.9 Å². The number of halogens is 1. The standard InChI is InChI=1S/C30H31ClN2O4/c1-3-5-6-10-21(9-4-2)17-18-37-30(36)27(33-29(35)22-13-15-24(31)16-14-22)19-23-20-28(34)32-26-12-8-7-11-25(23)26/h3,5-16,20,27H,4,17-19H2,1-2H3,(H,32,34)(H,33,35)/b5-3-,10-6-,21-9-. The molecule has 0 fully saturated rings. The van der Waals surface area contributed by atoms with E-state index in [0.29, 0.717) is 28.1 Å². The molecule has 1 amide bonds. The molecular formula is C30H31ClN2O4. The zero-order valence-electron chi connectivity index (χ0n) is 21.0. The molecule has 1 aromatic heterocycles. The number of amides is 1. The molecule has 37 heavy (non-hydrogen) atoms. The number of aromatic amines is 1. The Morgan fingerprint density at radius 3 is 2.59 bits per heavy atom. The number of carbonyl (C=O) groups excluding carboxylic acids is 2. The van der Waals surface area contributed by atoms with Crippen LogP contribution in [-0.2, 0) is 16.0 Å². The summed E-state index contributed by atoms with van der Waals surface area (Å²) in [7, 11) is 0. The van der Waals surface area contributed by atoms with Gasteiger partial charge >= 0.3 is 5.97 Å². The highest BCUT2D eigenvalue weighted by atomic mass is 35.5. The van der Waals surface area contributed by atoms with Crippen molar-refractivity contribution >= 4 is 34.4 Å². The summed E-state index contributed by atoms with van der Waals surface area (Å²) < 4.78 is 5.60. The van der Waals surface area contributed by atoms with Crippen LogP contribution in [-0.4, -0.2) is 29.5 Å². The van der Waals surface area contributed by atoms with Gasteiger partial charge in [-0.3, -0.25) is 9.59 Å². The van der Waals surface area contributed by atoms with E-state index < -0.39 is 17.9 Å². The topological polar surface area (TPSA) is 88.3 Å². The quantitative estimate of drug-likeness (QED) is 0.243. The van der Waals surface area contributed by atoms with Crippen LogP contribution in [0.4, 0.5) is 0 Å². The van der Waals surface area contributed by atoms with Crippen LogP contribution in [0.5, 0.6) is 0 Å². The maximum absolute atomic E-state index is 13.2. The van der Waals surface area contributed by atoms with Crippen molar-refractivity contribution in [3.05, 3.63) is 117 Å². The van der Waals surface area contributed by atoms with Crippen LogP contribution >= 0.6 is 11.6 Å². The summed E-state index contributed by atoms with van der Waals surface area (Å²) in [6.45, 7) is 4.15. The predicted octanol–water partition coefficient (Wildman–Crippen LogP) is 5.92. The lowest BCUT2D eigenvalue weighted by Crippen LogP contribution is -2.43. The summed E-state index contributed by atoms with van der Waals surface area (Å²) in [4.78, 5) is 41.2. The number of aromatic nitrogens is 1. The van der Waals surface area contributed by atoms with Gasteiger partial charge in [0, 0.05) is 40.4 Å². The van der Waals surface area contributed by atoms with E-state index in [1.165, 1.54) is 6.07 Å². The van der Waals surface area contributed by atoms with Crippen molar-refractivity contribution < 1.29 is 14.3 Å². The van der Waals surface area contributed by atoms with Gasteiger partial charge in [0.05, 0.1) is 6.61 Å². The average molecular weight is 519 g/mol. The fraction of sp³-hybridized carbons (Fsp3) is 0.233. The Balaban J connectivity index is 1.81. The Kier molecular flexibility index (Phi) is 10.5. The predicted molar refractivity (Wildman–Crippen MR) is 149 cm³/mol. The van der Waals surface area contributed by atoms with Gasteiger partial charge in [0.25, 0.3) is 5.91 Å². The average Bonchev–Trinajstić information content (AvgIpc) is 2.88. The molecule has 2 aromatic carbocycles. The van der Waals surface area contributed by atoms with Gasteiger partial charge in [0.1, 0.15) is 6.04 Å². The lowest BCUT2D eigenvalue weighted by atomic mass is 10.0. The first-order valence-electron chi connectivity index (χ1n) is 12.2. The highest BCUT2D eigenvalue weighted by Gasteiger charge is 2.24. The van der Waals surface area contributed by atoms with E-state index in [1.807, 2.05) is 56.4 Å². The lowest BCUT2D eigenvalue weighted by molar-refractivity contribution is -0.145. The molecule has 1 heterocycles. The van der Waals surface area contributed by atoms with Crippen molar-refractivity contribution in [1.82, 2.24) is 10.3 Å². The second kappa shape index (κ2) is 14.0. The van der Waals surface area contributed by atoms with Crippen LogP contribution in [0.15, 0.2) is 95.3 Å². The Hall–Kier alpha value is -3.90. The van der Waals surface area contributed by atoms with Gasteiger partial charge in [-0.15, -0.1) is 0 Å². The summed E-state index contributed by atoms with van der Waals surface area (Å²) in [5.74, 6) is -1.01. The van der Waals surface area contributed by atoms with Crippen LogP contribution in [0, 0.1) is 0 Å². The Morgan fingerprint density at radius 2 is 1.86 bits per heavy atom. The van der Waals surface area contributed by atoms with Crippen LogP contribution in [0.2, 0.25) is 5.02 Å². The second-order valence-corrected chi connectivity index (χ2v) is 8.87. The Labute approximate surface area is 221 Å². The molecule has 0 spiro atoms. The van der Waals surface area contributed by atoms with Crippen LogP contribution in [0.1, 0.15) is 42.6 Å². The molecule has 3 rings (SSSR count). The Bertz CT molecular complexity index is 1370. The SMILES string of the molecule is C\C=C/C=C\C(=C\CC)CCOC(=O)C(Cc1cc(=O)[nH]c2ccccc12)NC(=O)c1ccc(Cl)cc1. The summed E-state index contributed by atoms with van der Waals surface area (Å²) in [6, 6.07) is 14.2. The summed E-state index contributed by atoms with van der Waals surface area (Å²) in [5, 5.41) is 4.08. The number of carbonyl (C=O) groups is 2. The van der Waals surface area contributed by atoms with Crippen LogP contribution in [0.3, 0.4) is 0 Å². The zero-order chi connectivity index (χ0) is 26.6. The van der Waals surface area contributed by atoms with Gasteiger partial charge in [-0.2, -0.15) is 0 Å². The molecule has 0 aliphatic carbocycles. The molecule has 2 N–H and O–H groups in total. The number of benzene rings is 2. The van der Waals surface area contributed by atoms with E-state index in [2.05, 4.69) is 16.4 Å². The number of hydrogen-bond donors (Lipinski definition) is 2. The first-order valence-corrected chi connectivity index (χ1v) is 12.6. The third kappa shape index (κ3) is 8.33. The molecule has 3 aromatic rings. The smallest absolute Gasteiger partial charge is 0.329 e. The van der Waals surface area contributed by atoms with Crippen molar-refractivity contribution in [2.75, 3.05) is 6.61 Å². The molecule has 0 saturated heterocycles. The fourth-order valence-electron chi connectivity index (χ4n) is 3.88. The highest BCUT2D eigenvalue weighted by molar-refractivity contribution is 6.30. The van der Waals surface area contributed by atoms with Gasteiger partial charge in [0.2, 0.25) is 5.56 Å². The van der Waals surface area contributed by atoms with E-state index in [0.717, 1.165) is 17.4 Å². The third-order valence-corrected chi connectivity index (χ3v) is 5.92. The molecule has 0 bridgehead atoms. The normalized spacial score (nSPS) is 12.8. The monoisotopic (exact) mass is 518 g/mol. The van der Waals surface area contributed by atoms with Gasteiger partial charge in [-0.25, -0.2) is 4.79 Å². The highest BCUT2D eigenvalue weighted by Crippen LogP contribution is 2.18. The first kappa shape index (κ1) is 27.7. The van der Waals surface area contributed by atoms with Gasteiger partial charge < -0.3 is 15.0 Å². The minimum Gasteiger partial charge on any atom is -0.464 e. The lowest BCUT2D eigenvalue weighted by Gasteiger charge is -2.19. The van der Waals surface area contributed by atoms with Gasteiger partial charge in [-0.1, -0.05) is 67.1 Å². The molecule has 0 saturated carbocycles. The number of rotatable bonds is 11. The first-order chi connectivity index (χ1) is 17.9. The number of allylic oxidation sites excluding steroid dienone is 5. The summed E-state index contributed by atoms with van der Waals surface area (Å²) >= 11 is 5.94. The number of esters is 1. The molecule has 1 unspecified atom stereocenters. The Morgan fingerprint density at radius 1 is 1.11 bits per heavy atom. The van der Waals surface area contributed by atoms with Gasteiger partial charge in [0.15, 0.2) is 0 Å². The van der Waals surface area contributed by atoms with Crippen molar-refractivity contribution in [1.29, 1.82) is 0 Å².